The van der Waals surface area contributed by atoms with Crippen molar-refractivity contribution >= 4 is 29.1 Å². The lowest BCUT2D eigenvalue weighted by molar-refractivity contribution is -0.121. The molecule has 3 rings (SSSR count). The summed E-state index contributed by atoms with van der Waals surface area (Å²) >= 11 is 12.0. The molecule has 1 atom stereocenters. The van der Waals surface area contributed by atoms with Gasteiger partial charge in [0.25, 0.3) is 0 Å². The van der Waals surface area contributed by atoms with Crippen molar-refractivity contribution < 1.29 is 9.21 Å². The summed E-state index contributed by atoms with van der Waals surface area (Å²) in [6, 6.07) is 14.7. The first kappa shape index (κ1) is 18.5. The van der Waals surface area contributed by atoms with E-state index in [1.54, 1.807) is 12.3 Å². The first-order valence-corrected chi connectivity index (χ1v) is 9.03. The van der Waals surface area contributed by atoms with Crippen molar-refractivity contribution in [1.82, 2.24) is 10.3 Å². The number of hydrogen-bond donors (Lipinski definition) is 1. The Morgan fingerprint density at radius 3 is 2.62 bits per heavy atom. The molecule has 0 spiro atoms. The number of amides is 1. The number of nitrogens with one attached hydrogen (secondary N) is 1. The second-order valence-corrected chi connectivity index (χ2v) is 6.78. The maximum absolute atomic E-state index is 12.2. The second kappa shape index (κ2) is 8.39. The summed E-state index contributed by atoms with van der Waals surface area (Å²) in [6.07, 6.45) is 2.34. The number of aryl methyl sites for hydroxylation is 1. The molecule has 6 heteroatoms. The van der Waals surface area contributed by atoms with Crippen LogP contribution in [0.2, 0.25) is 10.0 Å². The number of oxazole rings is 1. The van der Waals surface area contributed by atoms with Crippen LogP contribution >= 0.6 is 23.2 Å². The van der Waals surface area contributed by atoms with Crippen LogP contribution < -0.4 is 5.32 Å². The Labute approximate surface area is 162 Å². The molecule has 1 aromatic heterocycles. The average molecular weight is 389 g/mol. The molecule has 0 aliphatic heterocycles. The number of halogens is 2. The highest BCUT2D eigenvalue weighted by molar-refractivity contribution is 6.33. The van der Waals surface area contributed by atoms with Crippen molar-refractivity contribution in [1.29, 1.82) is 0 Å². The SMILES string of the molecule is CC(NC(=O)CCc1ncc(-c2ccccc2Cl)o1)c1ccc(Cl)cc1. The van der Waals surface area contributed by atoms with Crippen LogP contribution in [0.3, 0.4) is 0 Å². The van der Waals surface area contributed by atoms with Crippen molar-refractivity contribution in [2.24, 2.45) is 0 Å². The van der Waals surface area contributed by atoms with E-state index in [1.807, 2.05) is 49.4 Å². The minimum atomic E-state index is -0.0944. The van der Waals surface area contributed by atoms with Gasteiger partial charge in [-0.1, -0.05) is 47.5 Å². The zero-order valence-corrected chi connectivity index (χ0v) is 15.7. The molecule has 0 bridgehead atoms. The summed E-state index contributed by atoms with van der Waals surface area (Å²) in [7, 11) is 0. The van der Waals surface area contributed by atoms with Gasteiger partial charge in [-0.2, -0.15) is 0 Å². The van der Waals surface area contributed by atoms with E-state index in [2.05, 4.69) is 10.3 Å². The molecule has 0 aliphatic rings. The summed E-state index contributed by atoms with van der Waals surface area (Å²) < 4.78 is 5.71. The van der Waals surface area contributed by atoms with Crippen molar-refractivity contribution in [3.63, 3.8) is 0 Å². The molecular formula is C20H18Cl2N2O2. The van der Waals surface area contributed by atoms with E-state index in [0.717, 1.165) is 11.1 Å². The largest absolute Gasteiger partial charge is 0.441 e. The van der Waals surface area contributed by atoms with Gasteiger partial charge in [0.2, 0.25) is 5.91 Å². The van der Waals surface area contributed by atoms with Crippen molar-refractivity contribution in [3.05, 3.63) is 76.2 Å². The first-order valence-electron chi connectivity index (χ1n) is 8.27. The Morgan fingerprint density at radius 1 is 1.15 bits per heavy atom. The molecule has 0 saturated carbocycles. The first-order chi connectivity index (χ1) is 12.5. The third-order valence-corrected chi connectivity index (χ3v) is 4.59. The molecule has 4 nitrogen and oxygen atoms in total. The highest BCUT2D eigenvalue weighted by atomic mass is 35.5. The molecule has 0 radical (unpaired) electrons. The topological polar surface area (TPSA) is 55.1 Å². The standard InChI is InChI=1S/C20H18Cl2N2O2/c1-13(14-6-8-15(21)9-7-14)24-19(25)10-11-20-23-12-18(26-20)16-4-2-3-5-17(16)22/h2-9,12-13H,10-11H2,1H3,(H,24,25). The molecule has 1 amide bonds. The third kappa shape index (κ3) is 4.65. The van der Waals surface area contributed by atoms with Gasteiger partial charge in [0.05, 0.1) is 17.3 Å². The Hall–Kier alpha value is -2.30. The van der Waals surface area contributed by atoms with Crippen LogP contribution in [0.15, 0.2) is 59.1 Å². The predicted octanol–water partition coefficient (Wildman–Crippen LogP) is 5.46. The average Bonchev–Trinajstić information content (AvgIpc) is 3.09. The maximum atomic E-state index is 12.2. The molecule has 0 saturated heterocycles. The smallest absolute Gasteiger partial charge is 0.220 e. The fourth-order valence-corrected chi connectivity index (χ4v) is 2.94. The molecule has 26 heavy (non-hydrogen) atoms. The van der Waals surface area contributed by atoms with Crippen molar-refractivity contribution in [2.45, 2.75) is 25.8 Å². The molecule has 1 heterocycles. The summed E-state index contributed by atoms with van der Waals surface area (Å²) in [4.78, 5) is 16.4. The van der Waals surface area contributed by atoms with Gasteiger partial charge < -0.3 is 9.73 Å². The molecule has 0 aliphatic carbocycles. The summed E-state index contributed by atoms with van der Waals surface area (Å²) in [5, 5.41) is 4.23. The quantitative estimate of drug-likeness (QED) is 0.609. The van der Waals surface area contributed by atoms with E-state index in [1.165, 1.54) is 0 Å². The number of benzene rings is 2. The van der Waals surface area contributed by atoms with Crippen LogP contribution in [-0.4, -0.2) is 10.9 Å². The maximum Gasteiger partial charge on any atom is 0.220 e. The van der Waals surface area contributed by atoms with Gasteiger partial charge in [0.1, 0.15) is 0 Å². The van der Waals surface area contributed by atoms with Gasteiger partial charge in [0.15, 0.2) is 11.7 Å². The van der Waals surface area contributed by atoms with Crippen LogP contribution in [0.1, 0.15) is 30.8 Å². The molecule has 2 aromatic carbocycles. The van der Waals surface area contributed by atoms with E-state index < -0.39 is 0 Å². The summed E-state index contributed by atoms with van der Waals surface area (Å²) in [5.74, 6) is 1.04. The van der Waals surface area contributed by atoms with Gasteiger partial charge in [-0.3, -0.25) is 4.79 Å². The monoisotopic (exact) mass is 388 g/mol. The summed E-state index contributed by atoms with van der Waals surface area (Å²) in [6.45, 7) is 1.93. The van der Waals surface area contributed by atoms with Crippen LogP contribution in [0.25, 0.3) is 11.3 Å². The minimum Gasteiger partial charge on any atom is -0.441 e. The van der Waals surface area contributed by atoms with E-state index in [4.69, 9.17) is 27.6 Å². The lowest BCUT2D eigenvalue weighted by Gasteiger charge is -2.14. The van der Waals surface area contributed by atoms with Gasteiger partial charge in [-0.15, -0.1) is 0 Å². The normalized spacial score (nSPS) is 12.0. The fraction of sp³-hybridized carbons (Fsp3) is 0.200. The Balaban J connectivity index is 1.55. The van der Waals surface area contributed by atoms with E-state index in [0.29, 0.717) is 34.5 Å². The van der Waals surface area contributed by atoms with E-state index in [9.17, 15) is 4.79 Å². The van der Waals surface area contributed by atoms with Crippen LogP contribution in [0.5, 0.6) is 0 Å². The van der Waals surface area contributed by atoms with Crippen LogP contribution in [0.4, 0.5) is 0 Å². The molecule has 3 aromatic rings. The summed E-state index contributed by atoms with van der Waals surface area (Å²) in [5.41, 5.74) is 1.79. The van der Waals surface area contributed by atoms with Crippen molar-refractivity contribution in [3.8, 4) is 11.3 Å². The zero-order valence-electron chi connectivity index (χ0n) is 14.2. The highest BCUT2D eigenvalue weighted by Gasteiger charge is 2.13. The number of carbonyl (C=O) groups excluding carboxylic acids is 1. The number of rotatable bonds is 6. The minimum absolute atomic E-state index is 0.0649. The highest BCUT2D eigenvalue weighted by Crippen LogP contribution is 2.28. The van der Waals surface area contributed by atoms with Gasteiger partial charge in [-0.05, 0) is 36.8 Å². The Morgan fingerprint density at radius 2 is 1.88 bits per heavy atom. The number of nitrogens with zero attached hydrogens (tertiary/aromatic N) is 1. The third-order valence-electron chi connectivity index (χ3n) is 4.01. The van der Waals surface area contributed by atoms with Crippen molar-refractivity contribution in [2.75, 3.05) is 0 Å². The number of aromatic nitrogens is 1. The molecule has 1 N–H and O–H groups in total. The van der Waals surface area contributed by atoms with Crippen LogP contribution in [-0.2, 0) is 11.2 Å². The van der Waals surface area contributed by atoms with E-state index in [-0.39, 0.29) is 11.9 Å². The molecule has 1 unspecified atom stereocenters. The Kier molecular flexibility index (Phi) is 5.96. The van der Waals surface area contributed by atoms with Gasteiger partial charge >= 0.3 is 0 Å². The number of carbonyl (C=O) groups is 1. The van der Waals surface area contributed by atoms with E-state index >= 15 is 0 Å². The fourth-order valence-electron chi connectivity index (χ4n) is 2.58. The lowest BCUT2D eigenvalue weighted by Crippen LogP contribution is -2.26. The number of hydrogen-bond acceptors (Lipinski definition) is 3. The van der Waals surface area contributed by atoms with Gasteiger partial charge in [-0.25, -0.2) is 4.98 Å². The van der Waals surface area contributed by atoms with Gasteiger partial charge in [0, 0.05) is 23.4 Å². The molecule has 0 fully saturated rings. The molecule has 134 valence electrons. The van der Waals surface area contributed by atoms with Crippen LogP contribution in [0, 0.1) is 0 Å². The Bertz CT molecular complexity index is 891. The zero-order chi connectivity index (χ0) is 18.5. The molecular weight excluding hydrogens is 371 g/mol. The lowest BCUT2D eigenvalue weighted by atomic mass is 10.1. The second-order valence-electron chi connectivity index (χ2n) is 5.94. The predicted molar refractivity (Wildman–Crippen MR) is 103 cm³/mol.